The lowest BCUT2D eigenvalue weighted by Gasteiger charge is -2.31. The Morgan fingerprint density at radius 3 is 2.66 bits per heavy atom. The van der Waals surface area contributed by atoms with Gasteiger partial charge in [0.1, 0.15) is 16.2 Å². The first kappa shape index (κ1) is 25.7. The lowest BCUT2D eigenvalue weighted by Crippen LogP contribution is -2.51. The van der Waals surface area contributed by atoms with E-state index >= 15 is 0 Å². The molecular weight excluding hydrogens is 502 g/mol. The van der Waals surface area contributed by atoms with Crippen LogP contribution >= 0.6 is 23.1 Å². The highest BCUT2D eigenvalue weighted by Crippen LogP contribution is 2.48. The molecule has 0 bridgehead atoms. The van der Waals surface area contributed by atoms with Crippen LogP contribution < -0.4 is 5.43 Å². The Labute approximate surface area is 208 Å². The van der Waals surface area contributed by atoms with E-state index in [4.69, 9.17) is 4.98 Å². The van der Waals surface area contributed by atoms with Gasteiger partial charge in [0.05, 0.1) is 21.5 Å². The number of nitrogens with one attached hydrogen (secondary N) is 1. The topological polar surface area (TPSA) is 74.6 Å². The van der Waals surface area contributed by atoms with Crippen LogP contribution in [-0.2, 0) is 10.2 Å². The van der Waals surface area contributed by atoms with Crippen LogP contribution in [0.1, 0.15) is 56.3 Å². The Morgan fingerprint density at radius 1 is 1.34 bits per heavy atom. The van der Waals surface area contributed by atoms with Gasteiger partial charge in [-0.15, -0.1) is 23.1 Å². The van der Waals surface area contributed by atoms with Crippen LogP contribution in [0.4, 0.5) is 17.6 Å². The molecule has 2 aromatic rings. The molecular formula is C24H25F4N3O2S2. The molecule has 0 saturated heterocycles. The highest BCUT2D eigenvalue weighted by Gasteiger charge is 2.55. The summed E-state index contributed by atoms with van der Waals surface area (Å²) in [4.78, 5) is 17.2. The highest BCUT2D eigenvalue weighted by atomic mass is 32.2. The number of thioether (sulfide) groups is 1. The van der Waals surface area contributed by atoms with Gasteiger partial charge in [-0.3, -0.25) is 5.43 Å². The quantitative estimate of drug-likeness (QED) is 0.343. The summed E-state index contributed by atoms with van der Waals surface area (Å²) in [6.07, 6.45) is -2.57. The van der Waals surface area contributed by atoms with E-state index in [-0.39, 0.29) is 24.5 Å². The molecule has 2 heterocycles. The summed E-state index contributed by atoms with van der Waals surface area (Å²) in [6, 6.07) is 4.49. The summed E-state index contributed by atoms with van der Waals surface area (Å²) in [5, 5.41) is 14.8. The fraction of sp³-hybridized carbons (Fsp3) is 0.458. The van der Waals surface area contributed by atoms with Gasteiger partial charge in [0, 0.05) is 5.25 Å². The molecule has 5 nitrogen and oxygen atoms in total. The molecule has 35 heavy (non-hydrogen) atoms. The van der Waals surface area contributed by atoms with Crippen LogP contribution in [0.3, 0.4) is 0 Å². The first-order chi connectivity index (χ1) is 16.4. The molecule has 11 heteroatoms. The molecule has 1 aliphatic heterocycles. The van der Waals surface area contributed by atoms with Crippen LogP contribution in [0.5, 0.6) is 0 Å². The first-order valence-corrected chi connectivity index (χ1v) is 12.9. The van der Waals surface area contributed by atoms with Gasteiger partial charge < -0.3 is 5.11 Å². The fourth-order valence-electron chi connectivity index (χ4n) is 4.62. The molecule has 1 aliphatic carbocycles. The van der Waals surface area contributed by atoms with Crippen molar-refractivity contribution in [3.8, 4) is 0 Å². The number of carbonyl (C=O) groups is 1. The third-order valence-electron chi connectivity index (χ3n) is 6.35. The van der Waals surface area contributed by atoms with Crippen molar-refractivity contribution in [2.75, 3.05) is 0 Å². The number of carboxylic acid groups (broad SMARTS) is 1. The van der Waals surface area contributed by atoms with Crippen molar-refractivity contribution >= 4 is 40.4 Å². The van der Waals surface area contributed by atoms with E-state index < -0.39 is 35.3 Å². The second-order valence-electron chi connectivity index (χ2n) is 8.98. The number of hydrazone groups is 1. The zero-order valence-corrected chi connectivity index (χ0v) is 21.0. The fourth-order valence-corrected chi connectivity index (χ4v) is 7.48. The molecule has 1 aromatic carbocycles. The molecule has 1 aromatic heterocycles. The summed E-state index contributed by atoms with van der Waals surface area (Å²) in [5.74, 6) is -3.07. The number of carboxylic acids is 1. The van der Waals surface area contributed by atoms with E-state index in [2.05, 4.69) is 10.5 Å². The number of aromatic nitrogens is 1. The molecule has 0 fully saturated rings. The predicted octanol–water partition coefficient (Wildman–Crippen LogP) is 6.25. The smallest absolute Gasteiger partial charge is 0.392 e. The molecule has 188 valence electrons. The largest absolute Gasteiger partial charge is 0.480 e. The first-order valence-electron chi connectivity index (χ1n) is 11.2. The Hall–Kier alpha value is -2.40. The minimum Gasteiger partial charge on any atom is -0.480 e. The van der Waals surface area contributed by atoms with E-state index in [1.807, 2.05) is 13.8 Å². The summed E-state index contributed by atoms with van der Waals surface area (Å²) >= 11 is 2.82. The number of nitrogens with zero attached hydrogens (tertiary/aromatic N) is 2. The number of thiazole rings is 1. The minimum atomic E-state index is -4.25. The molecule has 0 saturated carbocycles. The Bertz CT molecular complexity index is 1190. The molecule has 4 rings (SSSR count). The second kappa shape index (κ2) is 9.57. The number of aliphatic carboxylic acids is 1. The number of allylic oxidation sites excluding steroid dienone is 2. The number of alkyl halides is 3. The number of benzene rings is 1. The molecule has 2 N–H and O–H groups in total. The molecule has 3 unspecified atom stereocenters. The number of hydrogen-bond acceptors (Lipinski definition) is 6. The van der Waals surface area contributed by atoms with Gasteiger partial charge in [0.25, 0.3) is 0 Å². The SMILES string of the molecule is CC1=NNC(C(=O)O)C1(c1cccc(F)c1)c1nc(C2=CCC(C(F)(F)F)CC2)c(SC(C)C)s1. The molecule has 0 radical (unpaired) electrons. The molecule has 3 atom stereocenters. The van der Waals surface area contributed by atoms with Crippen LogP contribution in [0.2, 0.25) is 0 Å². The summed E-state index contributed by atoms with van der Waals surface area (Å²) in [5.41, 5.74) is 3.41. The van der Waals surface area contributed by atoms with Gasteiger partial charge >= 0.3 is 12.1 Å². The second-order valence-corrected chi connectivity index (χ2v) is 11.8. The van der Waals surface area contributed by atoms with Crippen LogP contribution in [0.15, 0.2) is 39.7 Å². The van der Waals surface area contributed by atoms with Crippen LogP contribution in [-0.4, -0.2) is 39.2 Å². The normalized spacial score (nSPS) is 24.8. The van der Waals surface area contributed by atoms with Crippen molar-refractivity contribution in [1.29, 1.82) is 0 Å². The van der Waals surface area contributed by atoms with Gasteiger partial charge in [0.15, 0.2) is 6.04 Å². The van der Waals surface area contributed by atoms with Crippen molar-refractivity contribution in [2.24, 2.45) is 11.0 Å². The Kier molecular flexibility index (Phi) is 7.02. The highest BCUT2D eigenvalue weighted by molar-refractivity contribution is 8.01. The van der Waals surface area contributed by atoms with Crippen molar-refractivity contribution in [1.82, 2.24) is 10.4 Å². The summed E-state index contributed by atoms with van der Waals surface area (Å²) in [7, 11) is 0. The Morgan fingerprint density at radius 2 is 2.09 bits per heavy atom. The van der Waals surface area contributed by atoms with Crippen molar-refractivity contribution in [3.05, 3.63) is 52.4 Å². The zero-order chi connectivity index (χ0) is 25.5. The average Bonchev–Trinajstić information content (AvgIpc) is 3.34. The van der Waals surface area contributed by atoms with Crippen molar-refractivity contribution in [2.45, 2.75) is 67.1 Å². The number of hydrogen-bond donors (Lipinski definition) is 2. The van der Waals surface area contributed by atoms with Gasteiger partial charge in [-0.1, -0.05) is 32.1 Å². The van der Waals surface area contributed by atoms with E-state index in [0.29, 0.717) is 22.0 Å². The van der Waals surface area contributed by atoms with Crippen molar-refractivity contribution in [3.63, 3.8) is 0 Å². The molecule has 0 amide bonds. The molecule has 0 spiro atoms. The van der Waals surface area contributed by atoms with E-state index in [9.17, 15) is 27.5 Å². The van der Waals surface area contributed by atoms with Gasteiger partial charge in [-0.05, 0) is 49.5 Å². The predicted molar refractivity (Wildman–Crippen MR) is 129 cm³/mol. The lowest BCUT2D eigenvalue weighted by atomic mass is 9.72. The Balaban J connectivity index is 1.89. The molecule has 2 aliphatic rings. The van der Waals surface area contributed by atoms with E-state index in [0.717, 1.165) is 9.78 Å². The van der Waals surface area contributed by atoms with Crippen LogP contribution in [0, 0.1) is 11.7 Å². The summed E-state index contributed by atoms with van der Waals surface area (Å²) < 4.78 is 54.7. The van der Waals surface area contributed by atoms with Gasteiger partial charge in [0.2, 0.25) is 0 Å². The van der Waals surface area contributed by atoms with Gasteiger partial charge in [-0.2, -0.15) is 18.3 Å². The third-order valence-corrected chi connectivity index (χ3v) is 8.75. The zero-order valence-electron chi connectivity index (χ0n) is 19.3. The van der Waals surface area contributed by atoms with E-state index in [1.165, 1.54) is 41.3 Å². The average molecular weight is 528 g/mol. The van der Waals surface area contributed by atoms with Crippen LogP contribution in [0.25, 0.3) is 5.57 Å². The van der Waals surface area contributed by atoms with E-state index in [1.54, 1.807) is 19.1 Å². The minimum absolute atomic E-state index is 0.0250. The maximum absolute atomic E-state index is 14.3. The number of halogens is 4. The number of rotatable bonds is 6. The monoisotopic (exact) mass is 527 g/mol. The lowest BCUT2D eigenvalue weighted by molar-refractivity contribution is -0.175. The third kappa shape index (κ3) is 4.72. The van der Waals surface area contributed by atoms with Gasteiger partial charge in [-0.25, -0.2) is 14.2 Å². The summed E-state index contributed by atoms with van der Waals surface area (Å²) in [6.45, 7) is 5.66. The standard InChI is InChI=1S/C24H25F4N3O2S2/c1-12(2)34-21-18(14-7-9-15(10-8-14)24(26,27)28)29-22(35-21)23(16-5-4-6-17(25)11-16)13(3)30-31-19(23)20(32)33/h4-7,11-12,15,19,31H,8-10H2,1-3H3,(H,32,33). The van der Waals surface area contributed by atoms with Crippen molar-refractivity contribution < 1.29 is 27.5 Å². The maximum atomic E-state index is 14.3. The maximum Gasteiger partial charge on any atom is 0.392 e.